The molecule has 0 aliphatic carbocycles. The van der Waals surface area contributed by atoms with Gasteiger partial charge < -0.3 is 10.1 Å². The maximum Gasteiger partial charge on any atom is 0.416 e. The van der Waals surface area contributed by atoms with Gasteiger partial charge in [-0.3, -0.25) is 4.79 Å². The number of amides is 1. The van der Waals surface area contributed by atoms with Gasteiger partial charge in [-0.1, -0.05) is 18.2 Å². The molecule has 7 nitrogen and oxygen atoms in total. The number of rotatable bonds is 7. The van der Waals surface area contributed by atoms with E-state index < -0.39 is 39.7 Å². The zero-order valence-corrected chi connectivity index (χ0v) is 19.1. The number of hydrogen-bond donors (Lipinski definition) is 1. The highest BCUT2D eigenvalue weighted by Gasteiger charge is 2.30. The molecule has 1 atom stereocenters. The first-order valence-corrected chi connectivity index (χ1v) is 11.1. The Morgan fingerprint density at radius 2 is 1.79 bits per heavy atom. The number of carbonyl (C=O) groups is 2. The minimum atomic E-state index is -4.52. The average molecular weight is 484 g/mol. The second-order valence-corrected chi connectivity index (χ2v) is 9.44. The van der Waals surface area contributed by atoms with Crippen molar-refractivity contribution in [3.63, 3.8) is 0 Å². The van der Waals surface area contributed by atoms with Crippen LogP contribution in [-0.2, 0) is 30.5 Å². The second-order valence-electron chi connectivity index (χ2n) is 7.29. The molecule has 0 saturated heterocycles. The fourth-order valence-electron chi connectivity index (χ4n) is 2.59. The molecule has 0 fully saturated rings. The molecule has 0 spiro atoms. The summed E-state index contributed by atoms with van der Waals surface area (Å²) in [7, 11) is -0.966. The number of hydrogen-bond acceptors (Lipinski definition) is 5. The monoisotopic (exact) mass is 484 g/mol. The fraction of sp³-hybridized carbons (Fsp3) is 0.273. The van der Waals surface area contributed by atoms with E-state index in [0.29, 0.717) is 5.56 Å². The molecule has 0 aromatic heterocycles. The average Bonchev–Trinajstić information content (AvgIpc) is 2.73. The van der Waals surface area contributed by atoms with E-state index >= 15 is 0 Å². The van der Waals surface area contributed by atoms with Crippen LogP contribution in [0.2, 0.25) is 0 Å². The van der Waals surface area contributed by atoms with Crippen LogP contribution >= 0.6 is 0 Å². The summed E-state index contributed by atoms with van der Waals surface area (Å²) >= 11 is 0. The molecule has 33 heavy (non-hydrogen) atoms. The molecule has 1 unspecified atom stereocenters. The van der Waals surface area contributed by atoms with Crippen molar-refractivity contribution in [1.29, 1.82) is 0 Å². The van der Waals surface area contributed by atoms with Gasteiger partial charge in [-0.15, -0.1) is 0 Å². The molecule has 0 bridgehead atoms. The highest BCUT2D eigenvalue weighted by atomic mass is 32.2. The standard InChI is InChI=1S/C22H23F3N2O5S/c1-14-8-10-18(33(30,31)27(3)4)13-19(14)26-21(29)15(2)32-20(28)11-9-16-6-5-7-17(12-16)22(23,24)25/h5-13,15H,1-4H3,(H,26,29). The number of anilines is 1. The lowest BCUT2D eigenvalue weighted by Gasteiger charge is -2.16. The van der Waals surface area contributed by atoms with Crippen LogP contribution in [0.4, 0.5) is 18.9 Å². The molecular formula is C22H23F3N2O5S. The van der Waals surface area contributed by atoms with E-state index in [1.165, 1.54) is 51.4 Å². The molecule has 11 heteroatoms. The lowest BCUT2D eigenvalue weighted by atomic mass is 10.1. The van der Waals surface area contributed by atoms with Gasteiger partial charge in [0, 0.05) is 25.9 Å². The van der Waals surface area contributed by atoms with Gasteiger partial charge >= 0.3 is 12.1 Å². The molecule has 0 aliphatic rings. The molecule has 1 amide bonds. The number of sulfonamides is 1. The first-order valence-electron chi connectivity index (χ1n) is 9.62. The van der Waals surface area contributed by atoms with Crippen LogP contribution in [0.3, 0.4) is 0 Å². The largest absolute Gasteiger partial charge is 0.449 e. The van der Waals surface area contributed by atoms with Crippen LogP contribution in [0, 0.1) is 6.92 Å². The van der Waals surface area contributed by atoms with Crippen LogP contribution in [-0.4, -0.2) is 44.8 Å². The SMILES string of the molecule is Cc1ccc(S(=O)(=O)N(C)C)cc1NC(=O)C(C)OC(=O)C=Cc1cccc(C(F)(F)F)c1. The van der Waals surface area contributed by atoms with E-state index in [4.69, 9.17) is 4.74 Å². The van der Waals surface area contributed by atoms with E-state index in [2.05, 4.69) is 5.32 Å². The van der Waals surface area contributed by atoms with Crippen LogP contribution in [0.15, 0.2) is 53.4 Å². The zero-order valence-electron chi connectivity index (χ0n) is 18.3. The Morgan fingerprint density at radius 1 is 1.12 bits per heavy atom. The molecule has 2 aromatic rings. The van der Waals surface area contributed by atoms with Gasteiger partial charge in [0.1, 0.15) is 0 Å². The Kier molecular flexibility index (Phi) is 8.04. The number of aryl methyl sites for hydroxylation is 1. The second kappa shape index (κ2) is 10.2. The van der Waals surface area contributed by atoms with Crippen molar-refractivity contribution in [2.45, 2.75) is 31.0 Å². The number of esters is 1. The van der Waals surface area contributed by atoms with Gasteiger partial charge in [-0.05, 0) is 55.3 Å². The Morgan fingerprint density at radius 3 is 2.39 bits per heavy atom. The Hall–Kier alpha value is -3.18. The van der Waals surface area contributed by atoms with Crippen LogP contribution in [0.25, 0.3) is 6.08 Å². The highest BCUT2D eigenvalue weighted by Crippen LogP contribution is 2.29. The molecule has 0 saturated carbocycles. The van der Waals surface area contributed by atoms with Gasteiger partial charge in [0.25, 0.3) is 5.91 Å². The van der Waals surface area contributed by atoms with Crippen LogP contribution in [0.1, 0.15) is 23.6 Å². The normalized spacial score (nSPS) is 13.2. The minimum Gasteiger partial charge on any atom is -0.449 e. The lowest BCUT2D eigenvalue weighted by molar-refractivity contribution is -0.148. The molecule has 0 aliphatic heterocycles. The first-order chi connectivity index (χ1) is 15.2. The molecule has 2 rings (SSSR count). The summed E-state index contributed by atoms with van der Waals surface area (Å²) in [6, 6.07) is 8.59. The molecule has 1 N–H and O–H groups in total. The van der Waals surface area contributed by atoms with Gasteiger partial charge in [-0.25, -0.2) is 17.5 Å². The molecular weight excluding hydrogens is 461 g/mol. The maximum absolute atomic E-state index is 12.8. The van der Waals surface area contributed by atoms with Crippen molar-refractivity contribution in [2.75, 3.05) is 19.4 Å². The molecule has 0 radical (unpaired) electrons. The van der Waals surface area contributed by atoms with E-state index in [1.54, 1.807) is 6.92 Å². The third kappa shape index (κ3) is 6.90. The molecule has 178 valence electrons. The highest BCUT2D eigenvalue weighted by molar-refractivity contribution is 7.89. The Labute approximate surface area is 189 Å². The summed E-state index contributed by atoms with van der Waals surface area (Å²) in [4.78, 5) is 24.4. The third-order valence-corrected chi connectivity index (χ3v) is 6.34. The number of carbonyl (C=O) groups excluding carboxylic acids is 2. The summed E-state index contributed by atoms with van der Waals surface area (Å²) in [5.41, 5.74) is 0.0856. The van der Waals surface area contributed by atoms with Crippen molar-refractivity contribution in [2.24, 2.45) is 0 Å². The predicted molar refractivity (Wildman–Crippen MR) is 117 cm³/mol. The number of ether oxygens (including phenoxy) is 1. The molecule has 0 heterocycles. The van der Waals surface area contributed by atoms with Crippen molar-refractivity contribution < 1.29 is 35.9 Å². The van der Waals surface area contributed by atoms with Crippen LogP contribution in [0.5, 0.6) is 0 Å². The van der Waals surface area contributed by atoms with Crippen molar-refractivity contribution in [3.05, 3.63) is 65.2 Å². The number of nitrogens with zero attached hydrogens (tertiary/aromatic N) is 1. The van der Waals surface area contributed by atoms with E-state index in [0.717, 1.165) is 28.6 Å². The maximum atomic E-state index is 12.8. The van der Waals surface area contributed by atoms with E-state index in [1.807, 2.05) is 0 Å². The van der Waals surface area contributed by atoms with Gasteiger partial charge in [-0.2, -0.15) is 13.2 Å². The number of alkyl halides is 3. The predicted octanol–water partition coefficient (Wildman–Crippen LogP) is 3.85. The van der Waals surface area contributed by atoms with Crippen molar-refractivity contribution in [3.8, 4) is 0 Å². The quantitative estimate of drug-likeness (QED) is 0.476. The summed E-state index contributed by atoms with van der Waals surface area (Å²) in [6.45, 7) is 2.97. The molecule has 2 aromatic carbocycles. The Bertz CT molecular complexity index is 1170. The summed E-state index contributed by atoms with van der Waals surface area (Å²) in [5.74, 6) is -1.64. The first kappa shape index (κ1) is 26.1. The lowest BCUT2D eigenvalue weighted by Crippen LogP contribution is -2.30. The zero-order chi connectivity index (χ0) is 25.0. The van der Waals surface area contributed by atoms with Crippen molar-refractivity contribution >= 4 is 33.7 Å². The number of halogens is 3. The van der Waals surface area contributed by atoms with E-state index in [9.17, 15) is 31.2 Å². The van der Waals surface area contributed by atoms with Gasteiger partial charge in [0.15, 0.2) is 6.10 Å². The number of nitrogens with one attached hydrogen (secondary N) is 1. The summed E-state index contributed by atoms with van der Waals surface area (Å²) in [5, 5.41) is 2.52. The summed E-state index contributed by atoms with van der Waals surface area (Å²) in [6.07, 6.45) is -3.72. The Balaban J connectivity index is 2.07. The van der Waals surface area contributed by atoms with Crippen LogP contribution < -0.4 is 5.32 Å². The fourth-order valence-corrected chi connectivity index (χ4v) is 3.52. The summed E-state index contributed by atoms with van der Waals surface area (Å²) < 4.78 is 68.9. The van der Waals surface area contributed by atoms with E-state index in [-0.39, 0.29) is 16.1 Å². The van der Waals surface area contributed by atoms with Gasteiger partial charge in [0.2, 0.25) is 10.0 Å². The number of benzene rings is 2. The smallest absolute Gasteiger partial charge is 0.416 e. The minimum absolute atomic E-state index is 0.0259. The third-order valence-electron chi connectivity index (χ3n) is 4.53. The topological polar surface area (TPSA) is 92.8 Å². The van der Waals surface area contributed by atoms with Crippen molar-refractivity contribution in [1.82, 2.24) is 4.31 Å². The van der Waals surface area contributed by atoms with Gasteiger partial charge in [0.05, 0.1) is 10.5 Å².